The summed E-state index contributed by atoms with van der Waals surface area (Å²) in [6, 6.07) is 4.19. The predicted octanol–water partition coefficient (Wildman–Crippen LogP) is 2.44. The molecule has 1 aromatic carbocycles. The van der Waals surface area contributed by atoms with E-state index in [0.29, 0.717) is 12.6 Å². The minimum absolute atomic E-state index is 0.244. The Bertz CT molecular complexity index is 592. The van der Waals surface area contributed by atoms with Gasteiger partial charge in [-0.3, -0.25) is 0 Å². The number of nitrogens with one attached hydrogen (secondary N) is 1. The number of aromatic nitrogens is 1. The normalized spacial score (nSPS) is 13.0. The Morgan fingerprint density at radius 1 is 1.38 bits per heavy atom. The average molecular weight is 292 g/mol. The summed E-state index contributed by atoms with van der Waals surface area (Å²) in [6.45, 7) is 8.86. The van der Waals surface area contributed by atoms with Crippen molar-refractivity contribution in [3.05, 3.63) is 23.4 Å². The van der Waals surface area contributed by atoms with Gasteiger partial charge in [0.1, 0.15) is 18.5 Å². The van der Waals surface area contributed by atoms with Crippen molar-refractivity contribution in [3.8, 4) is 5.75 Å². The topological polar surface area (TPSA) is 67.5 Å². The smallest absolute Gasteiger partial charge is 0.170 e. The third kappa shape index (κ3) is 3.74. The van der Waals surface area contributed by atoms with Gasteiger partial charge in [-0.2, -0.15) is 0 Å². The van der Waals surface area contributed by atoms with Crippen LogP contribution in [0.15, 0.2) is 16.7 Å². The molecule has 2 aromatic rings. The number of hydrogen-bond donors (Lipinski definition) is 2. The van der Waals surface area contributed by atoms with Crippen molar-refractivity contribution in [1.29, 1.82) is 0 Å². The van der Waals surface area contributed by atoms with E-state index in [1.54, 1.807) is 0 Å². The summed E-state index contributed by atoms with van der Waals surface area (Å²) >= 11 is 0. The summed E-state index contributed by atoms with van der Waals surface area (Å²) in [5.74, 6) is 0.759. The molecule has 116 valence electrons. The van der Waals surface area contributed by atoms with Gasteiger partial charge in [0.2, 0.25) is 0 Å². The zero-order valence-electron chi connectivity index (χ0n) is 13.1. The molecule has 1 unspecified atom stereocenters. The first-order chi connectivity index (χ1) is 10.0. The van der Waals surface area contributed by atoms with Crippen LogP contribution in [0.4, 0.5) is 0 Å². The number of fused-ring (bicyclic) bond motifs is 1. The molecule has 5 heteroatoms. The maximum atomic E-state index is 9.97. The van der Waals surface area contributed by atoms with Crippen molar-refractivity contribution in [1.82, 2.24) is 10.5 Å². The minimum atomic E-state index is -0.549. The van der Waals surface area contributed by atoms with Crippen molar-refractivity contribution in [2.45, 2.75) is 46.3 Å². The van der Waals surface area contributed by atoms with Crippen LogP contribution in [0, 0.1) is 6.92 Å². The number of ether oxygens (including phenoxy) is 1. The van der Waals surface area contributed by atoms with E-state index in [4.69, 9.17) is 9.26 Å². The number of aryl methyl sites for hydroxylation is 2. The van der Waals surface area contributed by atoms with Gasteiger partial charge in [-0.1, -0.05) is 32.0 Å². The average Bonchev–Trinajstić information content (AvgIpc) is 2.87. The van der Waals surface area contributed by atoms with E-state index in [1.807, 2.05) is 39.8 Å². The molecule has 1 atom stereocenters. The molecule has 5 nitrogen and oxygen atoms in total. The lowest BCUT2D eigenvalue weighted by Crippen LogP contribution is -2.35. The largest absolute Gasteiger partial charge is 0.490 e. The fourth-order valence-corrected chi connectivity index (χ4v) is 2.21. The Hall–Kier alpha value is -1.59. The highest BCUT2D eigenvalue weighted by Crippen LogP contribution is 2.32. The standard InChI is InChI=1S/C16H24N2O3/c1-5-13-15-14(21-18-13)7-6-11(4)16(15)20-9-12(19)8-17-10(2)3/h6-7,10,12,17,19H,5,8-9H2,1-4H3. The first kappa shape index (κ1) is 15.8. The monoisotopic (exact) mass is 292 g/mol. The van der Waals surface area contributed by atoms with Crippen LogP contribution in [0.3, 0.4) is 0 Å². The first-order valence-electron chi connectivity index (χ1n) is 7.45. The highest BCUT2D eigenvalue weighted by atomic mass is 16.5. The van der Waals surface area contributed by atoms with Crippen molar-refractivity contribution in [2.24, 2.45) is 0 Å². The zero-order valence-corrected chi connectivity index (χ0v) is 13.1. The van der Waals surface area contributed by atoms with Crippen LogP contribution >= 0.6 is 0 Å². The molecule has 0 aliphatic heterocycles. The summed E-state index contributed by atoms with van der Waals surface area (Å²) in [7, 11) is 0. The lowest BCUT2D eigenvalue weighted by molar-refractivity contribution is 0.105. The molecule has 21 heavy (non-hydrogen) atoms. The SMILES string of the molecule is CCc1noc2ccc(C)c(OCC(O)CNC(C)C)c12. The van der Waals surface area contributed by atoms with Crippen molar-refractivity contribution < 1.29 is 14.4 Å². The molecule has 0 radical (unpaired) electrons. The second-order valence-electron chi connectivity index (χ2n) is 5.60. The maximum absolute atomic E-state index is 9.97. The van der Waals surface area contributed by atoms with E-state index < -0.39 is 6.10 Å². The molecule has 2 N–H and O–H groups in total. The van der Waals surface area contributed by atoms with Crippen molar-refractivity contribution >= 4 is 11.0 Å². The Morgan fingerprint density at radius 2 is 2.14 bits per heavy atom. The molecule has 0 aliphatic carbocycles. The van der Waals surface area contributed by atoms with E-state index in [1.165, 1.54) is 0 Å². The van der Waals surface area contributed by atoms with Crippen LogP contribution < -0.4 is 10.1 Å². The van der Waals surface area contributed by atoms with Gasteiger partial charge in [-0.15, -0.1) is 0 Å². The van der Waals surface area contributed by atoms with Gasteiger partial charge in [0, 0.05) is 12.6 Å². The zero-order chi connectivity index (χ0) is 15.4. The van der Waals surface area contributed by atoms with Gasteiger partial charge in [-0.05, 0) is 25.0 Å². The van der Waals surface area contributed by atoms with Crippen LogP contribution in [0.1, 0.15) is 32.0 Å². The highest BCUT2D eigenvalue weighted by Gasteiger charge is 2.16. The van der Waals surface area contributed by atoms with Crippen LogP contribution in [-0.2, 0) is 6.42 Å². The molecular weight excluding hydrogens is 268 g/mol. The third-order valence-electron chi connectivity index (χ3n) is 3.38. The minimum Gasteiger partial charge on any atom is -0.490 e. The number of aliphatic hydroxyl groups is 1. The molecule has 1 heterocycles. The van der Waals surface area contributed by atoms with Gasteiger partial charge < -0.3 is 19.7 Å². The van der Waals surface area contributed by atoms with Gasteiger partial charge in [0.05, 0.1) is 11.1 Å². The number of benzene rings is 1. The molecule has 0 bridgehead atoms. The Kier molecular flexibility index (Phi) is 5.20. The van der Waals surface area contributed by atoms with Crippen molar-refractivity contribution in [2.75, 3.05) is 13.2 Å². The van der Waals surface area contributed by atoms with Gasteiger partial charge >= 0.3 is 0 Å². The number of hydrogen-bond acceptors (Lipinski definition) is 5. The third-order valence-corrected chi connectivity index (χ3v) is 3.38. The highest BCUT2D eigenvalue weighted by molar-refractivity contribution is 5.87. The first-order valence-corrected chi connectivity index (χ1v) is 7.45. The summed E-state index contributed by atoms with van der Waals surface area (Å²) < 4.78 is 11.2. The quantitative estimate of drug-likeness (QED) is 0.820. The van der Waals surface area contributed by atoms with Crippen LogP contribution in [0.5, 0.6) is 5.75 Å². The van der Waals surface area contributed by atoms with Gasteiger partial charge in [-0.25, -0.2) is 0 Å². The molecule has 1 aromatic heterocycles. The molecule has 0 aliphatic rings. The molecule has 0 spiro atoms. The molecule has 0 amide bonds. The molecule has 0 fully saturated rings. The fraction of sp³-hybridized carbons (Fsp3) is 0.562. The molecule has 2 rings (SSSR count). The van der Waals surface area contributed by atoms with E-state index in [-0.39, 0.29) is 6.61 Å². The number of rotatable bonds is 7. The summed E-state index contributed by atoms with van der Waals surface area (Å²) in [5.41, 5.74) is 2.63. The Labute approximate surface area is 125 Å². The van der Waals surface area contributed by atoms with E-state index in [9.17, 15) is 5.11 Å². The van der Waals surface area contributed by atoms with Crippen LogP contribution in [0.2, 0.25) is 0 Å². The van der Waals surface area contributed by atoms with Crippen LogP contribution in [-0.4, -0.2) is 35.6 Å². The lowest BCUT2D eigenvalue weighted by Gasteiger charge is -2.16. The van der Waals surface area contributed by atoms with E-state index >= 15 is 0 Å². The molecule has 0 saturated carbocycles. The number of aliphatic hydroxyl groups excluding tert-OH is 1. The van der Waals surface area contributed by atoms with E-state index in [2.05, 4.69) is 10.5 Å². The second-order valence-corrected chi connectivity index (χ2v) is 5.60. The van der Waals surface area contributed by atoms with Crippen LogP contribution in [0.25, 0.3) is 11.0 Å². The lowest BCUT2D eigenvalue weighted by atomic mass is 10.1. The second kappa shape index (κ2) is 6.91. The summed E-state index contributed by atoms with van der Waals surface area (Å²) in [4.78, 5) is 0. The fourth-order valence-electron chi connectivity index (χ4n) is 2.21. The Balaban J connectivity index is 2.14. The Morgan fingerprint density at radius 3 is 2.81 bits per heavy atom. The maximum Gasteiger partial charge on any atom is 0.170 e. The molecular formula is C16H24N2O3. The van der Waals surface area contributed by atoms with Gasteiger partial charge in [0.15, 0.2) is 5.58 Å². The number of nitrogens with zero attached hydrogens (tertiary/aromatic N) is 1. The van der Waals surface area contributed by atoms with Gasteiger partial charge in [0.25, 0.3) is 0 Å². The predicted molar refractivity (Wildman–Crippen MR) is 82.8 cm³/mol. The summed E-state index contributed by atoms with van der Waals surface area (Å²) in [5, 5.41) is 18.2. The molecule has 0 saturated heterocycles. The summed E-state index contributed by atoms with van der Waals surface area (Å²) in [6.07, 6.45) is 0.233. The van der Waals surface area contributed by atoms with Crippen molar-refractivity contribution in [3.63, 3.8) is 0 Å². The van der Waals surface area contributed by atoms with E-state index in [0.717, 1.165) is 34.4 Å².